The van der Waals surface area contributed by atoms with Gasteiger partial charge in [0.15, 0.2) is 5.13 Å². The van der Waals surface area contributed by atoms with Crippen LogP contribution in [0.3, 0.4) is 0 Å². The van der Waals surface area contributed by atoms with E-state index in [1.807, 2.05) is 6.07 Å². The first-order chi connectivity index (χ1) is 9.09. The molecule has 1 fully saturated rings. The predicted molar refractivity (Wildman–Crippen MR) is 76.1 cm³/mol. The molecule has 1 aliphatic rings. The fourth-order valence-electron chi connectivity index (χ4n) is 2.23. The third-order valence-corrected chi connectivity index (χ3v) is 4.25. The maximum absolute atomic E-state index is 12.2. The minimum absolute atomic E-state index is 0.0896. The van der Waals surface area contributed by atoms with Gasteiger partial charge >= 0.3 is 0 Å². The summed E-state index contributed by atoms with van der Waals surface area (Å²) in [5, 5.41) is 3.54. The summed E-state index contributed by atoms with van der Waals surface area (Å²) in [5.41, 5.74) is 7.75. The molecular weight excluding hydrogens is 258 g/mol. The molecule has 0 aliphatic heterocycles. The number of aromatic nitrogens is 1. The van der Waals surface area contributed by atoms with Crippen LogP contribution in [-0.2, 0) is 5.54 Å². The van der Waals surface area contributed by atoms with E-state index in [-0.39, 0.29) is 11.4 Å². The zero-order chi connectivity index (χ0) is 13.5. The van der Waals surface area contributed by atoms with Gasteiger partial charge in [-0.05, 0) is 25.3 Å². The van der Waals surface area contributed by atoms with E-state index in [1.54, 1.807) is 0 Å². The van der Waals surface area contributed by atoms with Gasteiger partial charge in [0.05, 0.1) is 11.7 Å². The average molecular weight is 273 g/mol. The third kappa shape index (κ3) is 2.33. The second-order valence-corrected chi connectivity index (χ2v) is 6.03. The van der Waals surface area contributed by atoms with Crippen molar-refractivity contribution >= 4 is 22.4 Å². The number of nitrogens with two attached hydrogens (primary N) is 1. The van der Waals surface area contributed by atoms with E-state index in [9.17, 15) is 4.79 Å². The standard InChI is InChI=1S/C14H15N3OS/c1-9-3-2-4-10(7-9)14(5-6-14)17-12(18)11-8-16-13(15)19-11/h2-4,7-8H,5-6H2,1H3,(H2,15,16)(H,17,18). The van der Waals surface area contributed by atoms with Gasteiger partial charge in [-0.1, -0.05) is 41.2 Å². The molecule has 0 unspecified atom stereocenters. The smallest absolute Gasteiger partial charge is 0.263 e. The molecule has 1 heterocycles. The number of anilines is 1. The number of hydrogen-bond donors (Lipinski definition) is 2. The summed E-state index contributed by atoms with van der Waals surface area (Å²) in [5.74, 6) is -0.0896. The first kappa shape index (κ1) is 12.2. The SMILES string of the molecule is Cc1cccc(C2(NC(=O)c3cnc(N)s3)CC2)c1. The first-order valence-electron chi connectivity index (χ1n) is 6.20. The van der Waals surface area contributed by atoms with Crippen molar-refractivity contribution in [1.82, 2.24) is 10.3 Å². The highest BCUT2D eigenvalue weighted by molar-refractivity contribution is 7.17. The quantitative estimate of drug-likeness (QED) is 0.902. The molecule has 4 nitrogen and oxygen atoms in total. The van der Waals surface area contributed by atoms with Crippen LogP contribution in [0.5, 0.6) is 0 Å². The van der Waals surface area contributed by atoms with Gasteiger partial charge in [0, 0.05) is 0 Å². The van der Waals surface area contributed by atoms with E-state index < -0.39 is 0 Å². The number of nitrogens with zero attached hydrogens (tertiary/aromatic N) is 1. The average Bonchev–Trinajstić information content (AvgIpc) is 3.03. The minimum Gasteiger partial charge on any atom is -0.375 e. The number of thiazole rings is 1. The van der Waals surface area contributed by atoms with Crippen LogP contribution in [0.25, 0.3) is 0 Å². The maximum Gasteiger partial charge on any atom is 0.263 e. The van der Waals surface area contributed by atoms with Crippen LogP contribution in [0.4, 0.5) is 5.13 Å². The molecule has 1 aromatic carbocycles. The summed E-state index contributed by atoms with van der Waals surface area (Å²) < 4.78 is 0. The van der Waals surface area contributed by atoms with Crippen LogP contribution in [-0.4, -0.2) is 10.9 Å². The minimum atomic E-state index is -0.193. The highest BCUT2D eigenvalue weighted by atomic mass is 32.1. The Morgan fingerprint density at radius 1 is 1.47 bits per heavy atom. The Bertz CT molecular complexity index is 631. The molecule has 3 rings (SSSR count). The number of nitrogen functional groups attached to an aromatic ring is 1. The number of aryl methyl sites for hydroxylation is 1. The lowest BCUT2D eigenvalue weighted by Crippen LogP contribution is -2.34. The van der Waals surface area contributed by atoms with E-state index >= 15 is 0 Å². The third-order valence-electron chi connectivity index (χ3n) is 3.42. The van der Waals surface area contributed by atoms with Crippen LogP contribution in [0.2, 0.25) is 0 Å². The topological polar surface area (TPSA) is 68.0 Å². The van der Waals surface area contributed by atoms with Crippen LogP contribution >= 0.6 is 11.3 Å². The van der Waals surface area contributed by atoms with E-state index in [1.165, 1.54) is 28.7 Å². The van der Waals surface area contributed by atoms with E-state index in [4.69, 9.17) is 5.73 Å². The van der Waals surface area contributed by atoms with Crippen molar-refractivity contribution in [2.24, 2.45) is 0 Å². The van der Waals surface area contributed by atoms with Crippen LogP contribution < -0.4 is 11.1 Å². The highest BCUT2D eigenvalue weighted by Gasteiger charge is 2.45. The molecule has 1 amide bonds. The summed E-state index contributed by atoms with van der Waals surface area (Å²) in [6.07, 6.45) is 3.49. The predicted octanol–water partition coefficient (Wildman–Crippen LogP) is 2.45. The molecule has 19 heavy (non-hydrogen) atoms. The number of carbonyl (C=O) groups is 1. The van der Waals surface area contributed by atoms with Crippen LogP contribution in [0.15, 0.2) is 30.5 Å². The molecule has 98 valence electrons. The molecule has 1 saturated carbocycles. The van der Waals surface area contributed by atoms with E-state index in [0.717, 1.165) is 12.8 Å². The molecule has 1 aromatic heterocycles. The van der Waals surface area contributed by atoms with Crippen molar-refractivity contribution in [3.05, 3.63) is 46.5 Å². The van der Waals surface area contributed by atoms with Gasteiger partial charge in [0.25, 0.3) is 5.91 Å². The number of rotatable bonds is 3. The molecule has 0 atom stereocenters. The molecule has 0 bridgehead atoms. The van der Waals surface area contributed by atoms with Crippen molar-refractivity contribution in [1.29, 1.82) is 0 Å². The molecule has 1 aliphatic carbocycles. The van der Waals surface area contributed by atoms with Crippen molar-refractivity contribution in [3.63, 3.8) is 0 Å². The van der Waals surface area contributed by atoms with Gasteiger partial charge in [-0.15, -0.1) is 0 Å². The monoisotopic (exact) mass is 273 g/mol. The number of nitrogens with one attached hydrogen (secondary N) is 1. The lowest BCUT2D eigenvalue weighted by Gasteiger charge is -2.17. The van der Waals surface area contributed by atoms with Crippen molar-refractivity contribution in [2.45, 2.75) is 25.3 Å². The molecule has 3 N–H and O–H groups in total. The van der Waals surface area contributed by atoms with Gasteiger partial charge in [-0.3, -0.25) is 4.79 Å². The maximum atomic E-state index is 12.2. The van der Waals surface area contributed by atoms with Gasteiger partial charge in [-0.2, -0.15) is 0 Å². The fraction of sp³-hybridized carbons (Fsp3) is 0.286. The zero-order valence-electron chi connectivity index (χ0n) is 10.6. The van der Waals surface area contributed by atoms with E-state index in [0.29, 0.717) is 10.0 Å². The van der Waals surface area contributed by atoms with Crippen molar-refractivity contribution in [3.8, 4) is 0 Å². The largest absolute Gasteiger partial charge is 0.375 e. The van der Waals surface area contributed by atoms with Gasteiger partial charge in [-0.25, -0.2) is 4.98 Å². The molecule has 2 aromatic rings. The number of carbonyl (C=O) groups excluding carboxylic acids is 1. The van der Waals surface area contributed by atoms with E-state index in [2.05, 4.69) is 35.4 Å². The molecule has 0 radical (unpaired) electrons. The zero-order valence-corrected chi connectivity index (χ0v) is 11.5. The molecular formula is C14H15N3OS. The van der Waals surface area contributed by atoms with Gasteiger partial charge < -0.3 is 11.1 Å². The Kier molecular flexibility index (Phi) is 2.78. The van der Waals surface area contributed by atoms with Gasteiger partial charge in [0.2, 0.25) is 0 Å². The lowest BCUT2D eigenvalue weighted by molar-refractivity contribution is 0.0934. The Labute approximate surface area is 115 Å². The fourth-order valence-corrected chi connectivity index (χ4v) is 2.80. The summed E-state index contributed by atoms with van der Waals surface area (Å²) in [4.78, 5) is 16.7. The van der Waals surface area contributed by atoms with Crippen LogP contribution in [0, 0.1) is 6.92 Å². The molecule has 0 saturated heterocycles. The summed E-state index contributed by atoms with van der Waals surface area (Å²) >= 11 is 1.22. The summed E-state index contributed by atoms with van der Waals surface area (Å²) in [7, 11) is 0. The van der Waals surface area contributed by atoms with Crippen LogP contribution in [0.1, 0.15) is 33.6 Å². The summed E-state index contributed by atoms with van der Waals surface area (Å²) in [6, 6.07) is 8.29. The lowest BCUT2D eigenvalue weighted by atomic mass is 10.0. The normalized spacial score (nSPS) is 16.1. The summed E-state index contributed by atoms with van der Waals surface area (Å²) in [6.45, 7) is 2.06. The Balaban J connectivity index is 1.81. The Morgan fingerprint density at radius 3 is 2.84 bits per heavy atom. The van der Waals surface area contributed by atoms with Crippen molar-refractivity contribution in [2.75, 3.05) is 5.73 Å². The number of hydrogen-bond acceptors (Lipinski definition) is 4. The molecule has 5 heteroatoms. The van der Waals surface area contributed by atoms with Gasteiger partial charge in [0.1, 0.15) is 4.88 Å². The molecule has 0 spiro atoms. The number of benzene rings is 1. The Hall–Kier alpha value is -1.88. The number of amides is 1. The Morgan fingerprint density at radius 2 is 2.26 bits per heavy atom. The first-order valence-corrected chi connectivity index (χ1v) is 7.02. The highest BCUT2D eigenvalue weighted by Crippen LogP contribution is 2.45. The van der Waals surface area contributed by atoms with Crippen molar-refractivity contribution < 1.29 is 4.79 Å². The second-order valence-electron chi connectivity index (χ2n) is 4.97. The second kappa shape index (κ2) is 4.35.